The number of hydrogen-bond acceptors (Lipinski definition) is 25. The molecule has 796 valence electrons. The third kappa shape index (κ3) is 40.4. The number of guanidine groups is 1. The van der Waals surface area contributed by atoms with Gasteiger partial charge in [0.15, 0.2) is 29.0 Å². The highest BCUT2D eigenvalue weighted by Crippen LogP contribution is 2.49. The van der Waals surface area contributed by atoms with Gasteiger partial charge in [-0.05, 0) is 184 Å². The number of amides is 7. The number of benzene rings is 3. The van der Waals surface area contributed by atoms with E-state index in [0.717, 1.165) is 18.0 Å². The Hall–Kier alpha value is -13.2. The van der Waals surface area contributed by atoms with Crippen molar-refractivity contribution in [2.75, 3.05) is 77.8 Å². The van der Waals surface area contributed by atoms with E-state index in [1.807, 2.05) is 76.0 Å². The Morgan fingerprint density at radius 1 is 0.593 bits per heavy atom. The van der Waals surface area contributed by atoms with Gasteiger partial charge < -0.3 is 97.3 Å². The number of ether oxygens (including phenoxy) is 3. The molecule has 42 heteroatoms. The highest BCUT2D eigenvalue weighted by molar-refractivity contribution is 7.85. The number of oxime groups is 1. The van der Waals surface area contributed by atoms with E-state index >= 15 is 0 Å². The molecular weight excluding hydrogens is 1900 g/mol. The highest BCUT2D eigenvalue weighted by atomic mass is 32.2. The summed E-state index contributed by atoms with van der Waals surface area (Å²) >= 11 is 0. The van der Waals surface area contributed by atoms with E-state index in [1.165, 1.54) is 41.0 Å². The number of allylic oxidation sites excluding steroid dienone is 8. The second-order valence-corrected chi connectivity index (χ2v) is 39.5. The number of aliphatic carboxylic acids is 5. The van der Waals surface area contributed by atoms with E-state index in [4.69, 9.17) is 30.2 Å². The van der Waals surface area contributed by atoms with Crippen LogP contribution in [0, 0.1) is 36.0 Å². The summed E-state index contributed by atoms with van der Waals surface area (Å²) in [5, 5.41) is 79.7. The first-order valence-electron chi connectivity index (χ1n) is 49.3. The van der Waals surface area contributed by atoms with Gasteiger partial charge in [-0.15, -0.1) is 0 Å². The van der Waals surface area contributed by atoms with Crippen molar-refractivity contribution in [1.29, 1.82) is 5.41 Å². The number of nitrogens with zero attached hydrogens (tertiary/aromatic N) is 4. The predicted molar refractivity (Wildman–Crippen MR) is 537 cm³/mol. The zero-order valence-corrected chi connectivity index (χ0v) is 85.6. The fourth-order valence-electron chi connectivity index (χ4n) is 17.8. The largest absolute Gasteiger partial charge is 0.481 e. The number of unbranched alkanes of at least 4 members (excludes halogenated alkanes) is 2. The van der Waals surface area contributed by atoms with Crippen LogP contribution in [-0.4, -0.2) is 269 Å². The minimum absolute atomic E-state index is 0.0480. The number of carboxylic acid groups (broad SMARTS) is 5. The number of esters is 1. The van der Waals surface area contributed by atoms with Crippen molar-refractivity contribution in [2.24, 2.45) is 34.6 Å². The molecule has 3 aromatic rings. The summed E-state index contributed by atoms with van der Waals surface area (Å²) in [5.74, 6) is -21.0. The molecule has 6 rings (SSSR count). The molecule has 0 aromatic heterocycles. The number of methoxy groups -OCH3 is 1. The van der Waals surface area contributed by atoms with Crippen LogP contribution in [0.25, 0.3) is 0 Å². The monoisotopic (exact) mass is 2050 g/mol. The SMILES string of the molecule is CC[N+]1=C(/C=C/C=C/C=C/C=C2/N(CCCCCC(=O)N[C@H](CCC(=O)O)C(=O)C[C@H](CCC(=O)O)C(=O)N[C@H](CCC(=O)O)C(=O)C[C@H](CCC(=O)O)C(=O)N[C@H](CCC(=O)O)C(=O)C[C@@H](Cc3ccc(/C(C)=N/OCCCC(=O)OCCOC)cc3)C(=O)NCCOCC(=O)N[C@@H](CCCNC(=N)N)C(=O)N3CCC[C@H]3C(=O)N[C@H](C)CC(C)C)c3ccc(S(=O)(=O)O)cc3C2(C)C)C(C)(C)c2cc(C)ccc21. The molecule has 9 atom stereocenters. The van der Waals surface area contributed by atoms with Crippen molar-refractivity contribution >= 4 is 133 Å². The molecule has 3 aliphatic rings. The number of Topliss-reactive ketones (excluding diaryl/α,β-unsaturated/α-hetero) is 3. The summed E-state index contributed by atoms with van der Waals surface area (Å²) in [6, 6.07) is 9.94. The first kappa shape index (κ1) is 120. The number of anilines is 1. The van der Waals surface area contributed by atoms with Crippen LogP contribution in [-0.2, 0) is 123 Å². The Morgan fingerprint density at radius 3 is 1.74 bits per heavy atom. The molecule has 1 saturated heterocycles. The summed E-state index contributed by atoms with van der Waals surface area (Å²) in [6.07, 6.45) is 6.74. The van der Waals surface area contributed by atoms with Crippen molar-refractivity contribution in [1.82, 2.24) is 42.1 Å². The molecule has 0 saturated carbocycles. The van der Waals surface area contributed by atoms with Crippen molar-refractivity contribution in [3.63, 3.8) is 0 Å². The summed E-state index contributed by atoms with van der Waals surface area (Å²) in [6.45, 7) is 20.6. The molecule has 0 spiro atoms. The lowest BCUT2D eigenvalue weighted by Gasteiger charge is -2.30. The Kier molecular flexibility index (Phi) is 49.8. The molecule has 1 fully saturated rings. The van der Waals surface area contributed by atoms with Crippen LogP contribution in [0.5, 0.6) is 0 Å². The number of nitrogens with two attached hydrogens (primary N) is 1. The molecule has 0 bridgehead atoms. The van der Waals surface area contributed by atoms with Gasteiger partial charge >= 0.3 is 35.8 Å². The Bertz CT molecular complexity index is 5370. The van der Waals surface area contributed by atoms with Crippen LogP contribution in [0.2, 0.25) is 0 Å². The van der Waals surface area contributed by atoms with E-state index in [2.05, 4.69) is 98.9 Å². The van der Waals surface area contributed by atoms with Crippen LogP contribution >= 0.6 is 0 Å². The number of carbonyl (C=O) groups is 16. The Balaban J connectivity index is 1.17. The standard InChI is InChI=1S/C103H145N13O28S/c1-12-114-80-41-30-65(4)57-74(80)102(7,8)86(114)26-17-14-13-15-18-27-87-103(9,10)75-62-73(145(138,139)140)37-42-81(75)115(87)50-20-16-19-28-88(120)109-76(38-45-92(126)127)83(117)59-70(35-43-90(122)123)97(134)111-77(39-46-93(128)129)84(118)60-71(36-44-91(124)125)98(135)112-78(40-47-94(130)131)85(119)61-72(58-68-31-33-69(34-32-68)67(6)113-144-52-23-29-95(132)143-55-54-141-11)96(133)106-49-53-142-63-89(121)110-79(24-21-48-107-101(104)105)100(137)116-51-22-25-82(116)99(136)108-66(5)56-64(2)3/h13-15,17-18,26-27,30-34,37,41-42,57,62,64,66,70-72,76-79,82H,12,16,19-25,28-29,35-36,38-40,43-56,58-61,63H2,1-11H3,(H15-,104,105,106,107,108,109,110,111,112,120,121,122,123,124,125,126,127,128,129,130,131,133,134,135,136,138,139,140)/p+1/b113-67+/t66-,70+,71+,72-,76-,77-,78-,79+,82+/m1/s1. The van der Waals surface area contributed by atoms with Crippen molar-refractivity contribution in [3.05, 3.63) is 137 Å². The van der Waals surface area contributed by atoms with Crippen LogP contribution < -0.4 is 47.9 Å². The average molecular weight is 2050 g/mol. The lowest BCUT2D eigenvalue weighted by molar-refractivity contribution is -0.433. The third-order valence-corrected chi connectivity index (χ3v) is 26.2. The Labute approximate surface area is 846 Å². The van der Waals surface area contributed by atoms with Gasteiger partial charge in [-0.2, -0.15) is 13.0 Å². The van der Waals surface area contributed by atoms with E-state index in [-0.39, 0.29) is 125 Å². The second-order valence-electron chi connectivity index (χ2n) is 38.1. The number of carboxylic acids is 5. The lowest BCUT2D eigenvalue weighted by Crippen LogP contribution is -2.54. The van der Waals surface area contributed by atoms with Crippen molar-refractivity contribution in [2.45, 2.75) is 282 Å². The number of fused-ring (bicyclic) bond motifs is 2. The van der Waals surface area contributed by atoms with E-state index in [1.54, 1.807) is 37.3 Å². The van der Waals surface area contributed by atoms with Crippen molar-refractivity contribution < 1.29 is 139 Å². The van der Waals surface area contributed by atoms with Gasteiger partial charge in [0.05, 0.1) is 47.4 Å². The molecule has 0 unspecified atom stereocenters. The second kappa shape index (κ2) is 59.9. The minimum atomic E-state index is -4.60. The molecule has 3 aliphatic heterocycles. The van der Waals surface area contributed by atoms with Crippen LogP contribution in [0.4, 0.5) is 11.4 Å². The van der Waals surface area contributed by atoms with E-state index < -0.39 is 242 Å². The fraction of sp³-hybridized carbons (Fsp3) is 0.563. The van der Waals surface area contributed by atoms with Crippen LogP contribution in [0.1, 0.15) is 244 Å². The maximum absolute atomic E-state index is 14.9. The molecule has 41 nitrogen and oxygen atoms in total. The number of nitrogens with one attached hydrogen (secondary N) is 8. The first-order chi connectivity index (χ1) is 68.6. The first-order valence-corrected chi connectivity index (χ1v) is 50.7. The highest BCUT2D eigenvalue weighted by Gasteiger charge is 2.46. The van der Waals surface area contributed by atoms with Gasteiger partial charge in [0.2, 0.25) is 47.0 Å². The molecule has 0 aliphatic carbocycles. The number of rotatable bonds is 68. The zero-order chi connectivity index (χ0) is 107. The van der Waals surface area contributed by atoms with E-state index in [9.17, 15) is 115 Å². The molecule has 7 amide bonds. The summed E-state index contributed by atoms with van der Waals surface area (Å²) < 4.78 is 52.9. The molecule has 16 N–H and O–H groups in total. The van der Waals surface area contributed by atoms with Gasteiger partial charge in [0.25, 0.3) is 10.1 Å². The van der Waals surface area contributed by atoms with Gasteiger partial charge in [0.1, 0.15) is 38.4 Å². The molecular formula is C103H146N13O28S+. The number of carbonyl (C=O) groups excluding carboxylic acids is 11. The minimum Gasteiger partial charge on any atom is -0.481 e. The fourth-order valence-corrected chi connectivity index (χ4v) is 18.3. The Morgan fingerprint density at radius 2 is 1.17 bits per heavy atom. The molecule has 145 heavy (non-hydrogen) atoms. The van der Waals surface area contributed by atoms with Gasteiger partial charge in [-0.3, -0.25) is 86.7 Å². The maximum Gasteiger partial charge on any atom is 0.305 e. The molecule has 0 radical (unpaired) electrons. The third-order valence-electron chi connectivity index (χ3n) is 25.4. The summed E-state index contributed by atoms with van der Waals surface area (Å²) in [5.41, 5.74) is 12.7. The zero-order valence-electron chi connectivity index (χ0n) is 84.8. The molecule has 3 heterocycles. The number of hydrogen-bond donors (Lipinski definition) is 15. The topological polar surface area (TPSA) is 621 Å². The molecule has 3 aromatic carbocycles. The van der Waals surface area contributed by atoms with Gasteiger partial charge in [-0.1, -0.05) is 106 Å². The number of likely N-dealkylation sites (tertiary alicyclic amines) is 1. The number of ketones is 3. The summed E-state index contributed by atoms with van der Waals surface area (Å²) in [7, 11) is -3.14. The predicted octanol–water partition coefficient (Wildman–Crippen LogP) is 8.43. The smallest absolute Gasteiger partial charge is 0.305 e. The maximum atomic E-state index is 14.9. The van der Waals surface area contributed by atoms with E-state index in [0.29, 0.717) is 66.7 Å². The lowest BCUT2D eigenvalue weighted by atomic mass is 9.81. The van der Waals surface area contributed by atoms with Crippen molar-refractivity contribution in [3.8, 4) is 0 Å². The van der Waals surface area contributed by atoms with Crippen LogP contribution in [0.15, 0.2) is 119 Å². The quantitative estimate of drug-likeness (QED) is 0.00368. The normalized spacial score (nSPS) is 16.2. The van der Waals surface area contributed by atoms with Gasteiger partial charge in [0, 0.05) is 156 Å². The summed E-state index contributed by atoms with van der Waals surface area (Å²) in [4.78, 5) is 225. The number of aryl methyl sites for hydroxylation is 1. The average Bonchev–Trinajstić information content (AvgIpc) is 1.60. The van der Waals surface area contributed by atoms with Crippen LogP contribution in [0.3, 0.4) is 0 Å². The van der Waals surface area contributed by atoms with Gasteiger partial charge in [-0.25, -0.2) is 0 Å².